The highest BCUT2D eigenvalue weighted by Gasteiger charge is 2.37. The van der Waals surface area contributed by atoms with Crippen molar-refractivity contribution in [3.05, 3.63) is 29.8 Å². The number of aliphatic hydroxyl groups is 2. The summed E-state index contributed by atoms with van der Waals surface area (Å²) in [5.41, 5.74) is 1.04. The van der Waals surface area contributed by atoms with E-state index >= 15 is 0 Å². The van der Waals surface area contributed by atoms with Gasteiger partial charge in [-0.25, -0.2) is 0 Å². The minimum absolute atomic E-state index is 0.0266. The molecule has 1 aromatic carbocycles. The molecule has 4 atom stereocenters. The molecule has 1 aromatic rings. The van der Waals surface area contributed by atoms with E-state index in [-0.39, 0.29) is 29.6 Å². The minimum atomic E-state index is -1.76. The summed E-state index contributed by atoms with van der Waals surface area (Å²) in [5, 5.41) is 20.6. The Bertz CT molecular complexity index is 597. The standard InChI is InChI=1S/C24H44O5Si/c1-18(16-25)23(28-17-20-11-13-21(27-6)14-12-20)19(2)22(26)10-9-15-29-30(7,8)24(3,4)5/h11-14,18-19,22-23,25-26H,9-10,15-17H2,1-8H3/t18-,19-,22+,23-/m0/s1. The van der Waals surface area contributed by atoms with Gasteiger partial charge in [0, 0.05) is 25.0 Å². The number of aliphatic hydroxyl groups excluding tert-OH is 2. The fourth-order valence-electron chi connectivity index (χ4n) is 3.17. The fraction of sp³-hybridized carbons (Fsp3) is 0.750. The van der Waals surface area contributed by atoms with E-state index in [4.69, 9.17) is 13.9 Å². The van der Waals surface area contributed by atoms with Crippen molar-refractivity contribution in [1.82, 2.24) is 0 Å². The minimum Gasteiger partial charge on any atom is -0.497 e. The molecule has 0 spiro atoms. The van der Waals surface area contributed by atoms with Crippen LogP contribution in [0.4, 0.5) is 0 Å². The number of rotatable bonds is 13. The summed E-state index contributed by atoms with van der Waals surface area (Å²) in [7, 11) is -0.111. The summed E-state index contributed by atoms with van der Waals surface area (Å²) in [6.07, 6.45) is 0.754. The molecule has 0 aliphatic rings. The summed E-state index contributed by atoms with van der Waals surface area (Å²) in [6.45, 7) is 16.3. The summed E-state index contributed by atoms with van der Waals surface area (Å²) in [4.78, 5) is 0. The van der Waals surface area contributed by atoms with E-state index < -0.39 is 14.4 Å². The van der Waals surface area contributed by atoms with Crippen LogP contribution in [0.25, 0.3) is 0 Å². The second kappa shape index (κ2) is 12.2. The average Bonchev–Trinajstić information content (AvgIpc) is 2.70. The zero-order valence-corrected chi connectivity index (χ0v) is 21.3. The Kier molecular flexibility index (Phi) is 11.0. The van der Waals surface area contributed by atoms with Crippen LogP contribution in [0.2, 0.25) is 18.1 Å². The van der Waals surface area contributed by atoms with Crippen LogP contribution in [-0.2, 0) is 15.8 Å². The van der Waals surface area contributed by atoms with Crippen molar-refractivity contribution in [2.75, 3.05) is 20.3 Å². The normalized spacial score (nSPS) is 16.7. The molecule has 174 valence electrons. The number of ether oxygens (including phenoxy) is 2. The summed E-state index contributed by atoms with van der Waals surface area (Å²) in [5.74, 6) is 0.664. The van der Waals surface area contributed by atoms with Gasteiger partial charge >= 0.3 is 0 Å². The second-order valence-corrected chi connectivity index (χ2v) is 14.8. The molecule has 30 heavy (non-hydrogen) atoms. The summed E-state index contributed by atoms with van der Waals surface area (Å²) in [6, 6.07) is 7.76. The molecule has 0 radical (unpaired) electrons. The number of hydrogen-bond donors (Lipinski definition) is 2. The third-order valence-electron chi connectivity index (χ3n) is 6.49. The van der Waals surface area contributed by atoms with Gasteiger partial charge in [0.2, 0.25) is 0 Å². The van der Waals surface area contributed by atoms with Gasteiger partial charge in [0.05, 0.1) is 25.9 Å². The highest BCUT2D eigenvalue weighted by Crippen LogP contribution is 2.36. The molecule has 0 saturated heterocycles. The molecule has 0 unspecified atom stereocenters. The smallest absolute Gasteiger partial charge is 0.191 e. The van der Waals surface area contributed by atoms with E-state index in [2.05, 4.69) is 33.9 Å². The Balaban J connectivity index is 2.58. The lowest BCUT2D eigenvalue weighted by atomic mass is 9.87. The van der Waals surface area contributed by atoms with Gasteiger partial charge < -0.3 is 24.1 Å². The van der Waals surface area contributed by atoms with Gasteiger partial charge in [-0.2, -0.15) is 0 Å². The summed E-state index contributed by atoms with van der Waals surface area (Å²) < 4.78 is 17.6. The van der Waals surface area contributed by atoms with Crippen molar-refractivity contribution in [1.29, 1.82) is 0 Å². The number of methoxy groups -OCH3 is 1. The van der Waals surface area contributed by atoms with Crippen molar-refractivity contribution in [2.24, 2.45) is 11.8 Å². The lowest BCUT2D eigenvalue weighted by molar-refractivity contribution is -0.0764. The number of hydrogen-bond acceptors (Lipinski definition) is 5. The molecule has 0 aliphatic carbocycles. The van der Waals surface area contributed by atoms with E-state index in [0.29, 0.717) is 19.6 Å². The molecule has 0 bridgehead atoms. The SMILES string of the molecule is COc1ccc(CO[C@H]([C@@H](C)[C@H](O)CCCO[Si](C)(C)C(C)(C)C)[C@@H](C)CO)cc1. The first-order chi connectivity index (χ1) is 13.9. The first-order valence-corrected chi connectivity index (χ1v) is 14.0. The summed E-state index contributed by atoms with van der Waals surface area (Å²) >= 11 is 0. The fourth-order valence-corrected chi connectivity index (χ4v) is 4.26. The molecule has 0 heterocycles. The van der Waals surface area contributed by atoms with E-state index in [9.17, 15) is 10.2 Å². The highest BCUT2D eigenvalue weighted by molar-refractivity contribution is 6.74. The Morgan fingerprint density at radius 2 is 1.67 bits per heavy atom. The molecular weight excluding hydrogens is 396 g/mol. The van der Waals surface area contributed by atoms with Crippen molar-refractivity contribution in [3.8, 4) is 5.75 Å². The van der Waals surface area contributed by atoms with E-state index in [0.717, 1.165) is 17.7 Å². The molecule has 0 saturated carbocycles. The molecular formula is C24H44O5Si. The lowest BCUT2D eigenvalue weighted by Crippen LogP contribution is -2.41. The predicted molar refractivity (Wildman–Crippen MR) is 125 cm³/mol. The van der Waals surface area contributed by atoms with Gasteiger partial charge in [-0.05, 0) is 48.7 Å². The molecule has 6 heteroatoms. The maximum absolute atomic E-state index is 10.8. The van der Waals surface area contributed by atoms with Crippen molar-refractivity contribution < 1.29 is 24.1 Å². The van der Waals surface area contributed by atoms with E-state index in [1.165, 1.54) is 0 Å². The van der Waals surface area contributed by atoms with Gasteiger partial charge in [-0.15, -0.1) is 0 Å². The Labute approximate surface area is 184 Å². The van der Waals surface area contributed by atoms with Crippen LogP contribution >= 0.6 is 0 Å². The highest BCUT2D eigenvalue weighted by atomic mass is 28.4. The largest absolute Gasteiger partial charge is 0.497 e. The quantitative estimate of drug-likeness (QED) is 0.333. The van der Waals surface area contributed by atoms with E-state index in [1.54, 1.807) is 7.11 Å². The molecule has 0 aliphatic heterocycles. The predicted octanol–water partition coefficient (Wildman–Crippen LogP) is 5.01. The van der Waals surface area contributed by atoms with Crippen molar-refractivity contribution in [3.63, 3.8) is 0 Å². The number of benzene rings is 1. The molecule has 5 nitrogen and oxygen atoms in total. The first-order valence-electron chi connectivity index (χ1n) is 11.1. The van der Waals surface area contributed by atoms with Crippen molar-refractivity contribution in [2.45, 2.75) is 84.4 Å². The zero-order valence-electron chi connectivity index (χ0n) is 20.3. The van der Waals surface area contributed by atoms with Crippen LogP contribution < -0.4 is 4.74 Å². The third kappa shape index (κ3) is 8.31. The van der Waals surface area contributed by atoms with Crippen molar-refractivity contribution >= 4 is 8.32 Å². The van der Waals surface area contributed by atoms with Crippen LogP contribution in [0, 0.1) is 11.8 Å². The monoisotopic (exact) mass is 440 g/mol. The Morgan fingerprint density at radius 3 is 2.17 bits per heavy atom. The molecule has 2 N–H and O–H groups in total. The average molecular weight is 441 g/mol. The van der Waals surface area contributed by atoms with Crippen LogP contribution in [0.5, 0.6) is 5.75 Å². The van der Waals surface area contributed by atoms with Gasteiger partial charge in [0.1, 0.15) is 5.75 Å². The van der Waals surface area contributed by atoms with Gasteiger partial charge in [0.15, 0.2) is 8.32 Å². The van der Waals surface area contributed by atoms with Crippen LogP contribution in [0.15, 0.2) is 24.3 Å². The van der Waals surface area contributed by atoms with Gasteiger partial charge in [-0.3, -0.25) is 0 Å². The van der Waals surface area contributed by atoms with E-state index in [1.807, 2.05) is 38.1 Å². The maximum Gasteiger partial charge on any atom is 0.191 e. The van der Waals surface area contributed by atoms with Crippen LogP contribution in [-0.4, -0.2) is 51.1 Å². The molecule has 0 aromatic heterocycles. The molecule has 0 fully saturated rings. The van der Waals surface area contributed by atoms with Gasteiger partial charge in [0.25, 0.3) is 0 Å². The topological polar surface area (TPSA) is 68.2 Å². The molecule has 1 rings (SSSR count). The second-order valence-electron chi connectivity index (χ2n) is 9.96. The third-order valence-corrected chi connectivity index (χ3v) is 11.0. The van der Waals surface area contributed by atoms with Crippen LogP contribution in [0.3, 0.4) is 0 Å². The lowest BCUT2D eigenvalue weighted by Gasteiger charge is -2.36. The van der Waals surface area contributed by atoms with Crippen LogP contribution in [0.1, 0.15) is 53.0 Å². The molecule has 0 amide bonds. The first kappa shape index (κ1) is 27.1. The zero-order chi connectivity index (χ0) is 22.9. The Morgan fingerprint density at radius 1 is 1.07 bits per heavy atom. The Hall–Kier alpha value is -0.923. The maximum atomic E-state index is 10.8. The van der Waals surface area contributed by atoms with Gasteiger partial charge in [-0.1, -0.05) is 46.8 Å².